The van der Waals surface area contributed by atoms with Gasteiger partial charge in [-0.1, -0.05) is 17.8 Å². The van der Waals surface area contributed by atoms with E-state index >= 15 is 0 Å². The zero-order valence-corrected chi connectivity index (χ0v) is 11.4. The molecule has 0 unspecified atom stereocenters. The summed E-state index contributed by atoms with van der Waals surface area (Å²) < 4.78 is 0. The van der Waals surface area contributed by atoms with E-state index in [1.807, 2.05) is 18.2 Å². The number of aryl methyl sites for hydroxylation is 2. The van der Waals surface area contributed by atoms with Crippen LogP contribution >= 0.6 is 11.8 Å². The molecule has 2 heterocycles. The van der Waals surface area contributed by atoms with Crippen LogP contribution in [-0.4, -0.2) is 26.0 Å². The minimum atomic E-state index is -0.999. The van der Waals surface area contributed by atoms with Gasteiger partial charge in [0.15, 0.2) is 0 Å². The molecule has 0 aliphatic rings. The largest absolute Gasteiger partial charge is 0.478 e. The van der Waals surface area contributed by atoms with Crippen molar-refractivity contribution in [3.63, 3.8) is 0 Å². The topological polar surface area (TPSA) is 76.0 Å². The van der Waals surface area contributed by atoms with Crippen molar-refractivity contribution in [1.29, 1.82) is 0 Å². The van der Waals surface area contributed by atoms with Crippen LogP contribution in [0.4, 0.5) is 0 Å². The van der Waals surface area contributed by atoms with Gasteiger partial charge in [-0.25, -0.2) is 14.8 Å². The third kappa shape index (κ3) is 3.29. The smallest absolute Gasteiger partial charge is 0.340 e. The van der Waals surface area contributed by atoms with Gasteiger partial charge in [0.25, 0.3) is 0 Å². The molecule has 19 heavy (non-hydrogen) atoms. The molecule has 0 aromatic carbocycles. The maximum atomic E-state index is 11.3. The highest BCUT2D eigenvalue weighted by molar-refractivity contribution is 7.98. The molecule has 0 radical (unpaired) electrons. The van der Waals surface area contributed by atoms with Gasteiger partial charge in [-0.05, 0) is 26.0 Å². The maximum absolute atomic E-state index is 11.3. The van der Waals surface area contributed by atoms with E-state index in [0.29, 0.717) is 22.3 Å². The lowest BCUT2D eigenvalue weighted by atomic mass is 10.2. The molecule has 1 N–H and O–H groups in total. The minimum absolute atomic E-state index is 0.173. The fourth-order valence-electron chi connectivity index (χ4n) is 1.66. The predicted molar refractivity (Wildman–Crippen MR) is 72.3 cm³/mol. The molecule has 2 aromatic heterocycles. The summed E-state index contributed by atoms with van der Waals surface area (Å²) in [5, 5.41) is 9.71. The maximum Gasteiger partial charge on any atom is 0.340 e. The number of hydrogen-bond donors (Lipinski definition) is 1. The Hall–Kier alpha value is -1.95. The molecule has 0 atom stereocenters. The molecular formula is C13H13N3O2S. The molecule has 0 amide bonds. The van der Waals surface area contributed by atoms with Gasteiger partial charge in [-0.2, -0.15) is 0 Å². The first-order valence-corrected chi connectivity index (χ1v) is 6.67. The van der Waals surface area contributed by atoms with Gasteiger partial charge in [-0.15, -0.1) is 0 Å². The third-order valence-corrected chi connectivity index (χ3v) is 3.47. The lowest BCUT2D eigenvalue weighted by Crippen LogP contribution is -2.08. The van der Waals surface area contributed by atoms with Crippen molar-refractivity contribution in [3.05, 3.63) is 47.2 Å². The highest BCUT2D eigenvalue weighted by Crippen LogP contribution is 2.25. The minimum Gasteiger partial charge on any atom is -0.478 e. The number of carbonyl (C=O) groups is 1. The molecule has 0 bridgehead atoms. The van der Waals surface area contributed by atoms with E-state index in [1.165, 1.54) is 11.8 Å². The molecule has 0 aliphatic carbocycles. The van der Waals surface area contributed by atoms with E-state index in [1.54, 1.807) is 20.0 Å². The van der Waals surface area contributed by atoms with E-state index in [4.69, 9.17) is 0 Å². The Kier molecular flexibility index (Phi) is 4.11. The van der Waals surface area contributed by atoms with Gasteiger partial charge in [0.2, 0.25) is 0 Å². The summed E-state index contributed by atoms with van der Waals surface area (Å²) in [5.41, 5.74) is 1.55. The zero-order chi connectivity index (χ0) is 13.8. The Bertz CT molecular complexity index is 602. The van der Waals surface area contributed by atoms with Crippen LogP contribution < -0.4 is 0 Å². The van der Waals surface area contributed by atoms with Crippen LogP contribution in [0, 0.1) is 13.8 Å². The quantitative estimate of drug-likeness (QED) is 0.682. The summed E-state index contributed by atoms with van der Waals surface area (Å²) in [4.78, 5) is 23.8. The molecule has 6 heteroatoms. The molecule has 98 valence electrons. The number of thioether (sulfide) groups is 1. The second-order valence-electron chi connectivity index (χ2n) is 3.95. The molecular weight excluding hydrogens is 262 g/mol. The Morgan fingerprint density at radius 1 is 1.32 bits per heavy atom. The van der Waals surface area contributed by atoms with E-state index in [0.717, 1.165) is 5.69 Å². The van der Waals surface area contributed by atoms with Gasteiger partial charge in [0.1, 0.15) is 16.4 Å². The van der Waals surface area contributed by atoms with Crippen molar-refractivity contribution in [3.8, 4) is 0 Å². The van der Waals surface area contributed by atoms with Crippen LogP contribution in [-0.2, 0) is 5.75 Å². The van der Waals surface area contributed by atoms with E-state index in [-0.39, 0.29) is 5.56 Å². The first-order chi connectivity index (χ1) is 9.08. The average molecular weight is 275 g/mol. The number of carboxylic acids is 1. The van der Waals surface area contributed by atoms with Crippen LogP contribution in [0.3, 0.4) is 0 Å². The van der Waals surface area contributed by atoms with Gasteiger partial charge >= 0.3 is 5.97 Å². The van der Waals surface area contributed by atoms with Crippen molar-refractivity contribution < 1.29 is 9.90 Å². The first-order valence-electron chi connectivity index (χ1n) is 5.69. The Morgan fingerprint density at radius 2 is 2.11 bits per heavy atom. The predicted octanol–water partition coefficient (Wildman–Crippen LogP) is 2.48. The Labute approximate surface area is 115 Å². The summed E-state index contributed by atoms with van der Waals surface area (Å²) in [6.45, 7) is 3.44. The SMILES string of the molecule is Cc1nc(C)c(C(=O)O)c(SCc2ccccn2)n1. The van der Waals surface area contributed by atoms with Crippen molar-refractivity contribution in [2.75, 3.05) is 0 Å². The summed E-state index contributed by atoms with van der Waals surface area (Å²) in [6, 6.07) is 5.64. The van der Waals surface area contributed by atoms with Crippen LogP contribution in [0.1, 0.15) is 27.6 Å². The molecule has 2 rings (SSSR count). The highest BCUT2D eigenvalue weighted by Gasteiger charge is 2.17. The van der Waals surface area contributed by atoms with Crippen LogP contribution in [0.15, 0.2) is 29.4 Å². The van der Waals surface area contributed by atoms with Crippen molar-refractivity contribution in [2.24, 2.45) is 0 Å². The third-order valence-electron chi connectivity index (χ3n) is 2.47. The van der Waals surface area contributed by atoms with E-state index in [2.05, 4.69) is 15.0 Å². The van der Waals surface area contributed by atoms with Crippen LogP contribution in [0.5, 0.6) is 0 Å². The Morgan fingerprint density at radius 3 is 2.74 bits per heavy atom. The molecule has 0 saturated heterocycles. The monoisotopic (exact) mass is 275 g/mol. The molecule has 0 spiro atoms. The van der Waals surface area contributed by atoms with Gasteiger partial charge in [0, 0.05) is 11.9 Å². The Balaban J connectivity index is 2.27. The molecule has 2 aromatic rings. The average Bonchev–Trinajstić information content (AvgIpc) is 2.36. The van der Waals surface area contributed by atoms with Gasteiger partial charge in [-0.3, -0.25) is 4.98 Å². The van der Waals surface area contributed by atoms with Crippen LogP contribution in [0.25, 0.3) is 0 Å². The number of aromatic nitrogens is 3. The second kappa shape index (κ2) is 5.79. The van der Waals surface area contributed by atoms with Gasteiger partial charge < -0.3 is 5.11 Å². The fourth-order valence-corrected chi connectivity index (χ4v) is 2.69. The lowest BCUT2D eigenvalue weighted by Gasteiger charge is -2.08. The number of pyridine rings is 1. The van der Waals surface area contributed by atoms with Crippen molar-refractivity contribution in [1.82, 2.24) is 15.0 Å². The second-order valence-corrected chi connectivity index (χ2v) is 4.92. The fraction of sp³-hybridized carbons (Fsp3) is 0.231. The molecule has 5 nitrogen and oxygen atoms in total. The first kappa shape index (κ1) is 13.5. The summed E-state index contributed by atoms with van der Waals surface area (Å²) in [6.07, 6.45) is 1.71. The van der Waals surface area contributed by atoms with Gasteiger partial charge in [0.05, 0.1) is 11.4 Å². The van der Waals surface area contributed by atoms with Crippen LogP contribution in [0.2, 0.25) is 0 Å². The molecule has 0 fully saturated rings. The summed E-state index contributed by atoms with van der Waals surface area (Å²) >= 11 is 1.36. The molecule has 0 saturated carbocycles. The van der Waals surface area contributed by atoms with Crippen molar-refractivity contribution >= 4 is 17.7 Å². The molecule has 0 aliphatic heterocycles. The summed E-state index contributed by atoms with van der Waals surface area (Å²) in [5.74, 6) is 0.156. The number of rotatable bonds is 4. The standard InChI is InChI=1S/C13H13N3O2S/c1-8-11(13(17)18)12(16-9(2)15-8)19-7-10-5-3-4-6-14-10/h3-6H,7H2,1-2H3,(H,17,18). The lowest BCUT2D eigenvalue weighted by molar-refractivity contribution is 0.0690. The number of hydrogen-bond acceptors (Lipinski definition) is 5. The number of nitrogens with zero attached hydrogens (tertiary/aromatic N) is 3. The van der Waals surface area contributed by atoms with Crippen molar-refractivity contribution in [2.45, 2.75) is 24.6 Å². The van der Waals surface area contributed by atoms with E-state index < -0.39 is 5.97 Å². The zero-order valence-electron chi connectivity index (χ0n) is 10.6. The van der Waals surface area contributed by atoms with E-state index in [9.17, 15) is 9.90 Å². The number of aromatic carboxylic acids is 1. The normalized spacial score (nSPS) is 10.4. The highest BCUT2D eigenvalue weighted by atomic mass is 32.2. The summed E-state index contributed by atoms with van der Waals surface area (Å²) in [7, 11) is 0. The number of carboxylic acid groups (broad SMARTS) is 1.